The number of likely N-dealkylation sites (N-methyl/N-ethyl adjacent to an activating group) is 1. The Bertz CT molecular complexity index is 1950. The number of hydrogen-bond acceptors (Lipinski definition) is 7. The molecular formula is C38H51N5O5S2. The Labute approximate surface area is 298 Å². The third kappa shape index (κ3) is 11.2. The van der Waals surface area contributed by atoms with Gasteiger partial charge in [-0.1, -0.05) is 87.9 Å². The number of carbonyl (C=O) groups excluding carboxylic acids is 1. The molecular weight excluding hydrogens is 671 g/mol. The topological polar surface area (TPSA) is 137 Å². The fourth-order valence-corrected chi connectivity index (χ4v) is 7.46. The fourth-order valence-electron chi connectivity index (χ4n) is 5.91. The van der Waals surface area contributed by atoms with Crippen LogP contribution in [-0.4, -0.2) is 48.6 Å². The quantitative estimate of drug-likeness (QED) is 0.0677. The number of aryl methyl sites for hydroxylation is 1. The van der Waals surface area contributed by atoms with Crippen molar-refractivity contribution in [3.05, 3.63) is 84.4 Å². The van der Waals surface area contributed by atoms with Crippen molar-refractivity contribution in [2.45, 2.75) is 77.0 Å². The maximum atomic E-state index is 13.4. The van der Waals surface area contributed by atoms with Crippen molar-refractivity contribution in [1.82, 2.24) is 4.72 Å². The number of amides is 1. The average Bonchev–Trinajstić information content (AvgIpc) is 3.08. The van der Waals surface area contributed by atoms with Crippen molar-refractivity contribution in [1.29, 1.82) is 0 Å². The summed E-state index contributed by atoms with van der Waals surface area (Å²) in [4.78, 5) is 15.6. The monoisotopic (exact) mass is 721 g/mol. The first kappa shape index (κ1) is 38.7. The van der Waals surface area contributed by atoms with Crippen molar-refractivity contribution >= 4 is 65.2 Å². The molecule has 4 aromatic rings. The highest BCUT2D eigenvalue weighted by molar-refractivity contribution is 7.92. The molecule has 0 saturated heterocycles. The van der Waals surface area contributed by atoms with Gasteiger partial charge in [-0.3, -0.25) is 9.52 Å². The molecule has 0 aromatic heterocycles. The molecule has 270 valence electrons. The number of carbonyl (C=O) groups is 1. The molecule has 0 aliphatic carbocycles. The third-order valence-corrected chi connectivity index (χ3v) is 10.7. The van der Waals surface area contributed by atoms with E-state index >= 15 is 0 Å². The summed E-state index contributed by atoms with van der Waals surface area (Å²) in [5.41, 5.74) is 4.17. The maximum absolute atomic E-state index is 13.4. The molecule has 0 fully saturated rings. The van der Waals surface area contributed by atoms with Crippen molar-refractivity contribution < 1.29 is 21.6 Å². The van der Waals surface area contributed by atoms with Crippen molar-refractivity contribution in [2.24, 2.45) is 0 Å². The molecule has 1 amide bonds. The molecule has 0 atom stereocenters. The molecule has 0 radical (unpaired) electrons. The van der Waals surface area contributed by atoms with E-state index < -0.39 is 20.0 Å². The minimum atomic E-state index is -3.91. The zero-order valence-electron chi connectivity index (χ0n) is 29.6. The van der Waals surface area contributed by atoms with Gasteiger partial charge in [-0.2, -0.15) is 0 Å². The van der Waals surface area contributed by atoms with E-state index in [1.807, 2.05) is 56.3 Å². The van der Waals surface area contributed by atoms with Gasteiger partial charge in [0.15, 0.2) is 0 Å². The molecule has 0 saturated carbocycles. The van der Waals surface area contributed by atoms with E-state index in [9.17, 15) is 21.6 Å². The van der Waals surface area contributed by atoms with Crippen LogP contribution in [0.2, 0.25) is 0 Å². The lowest BCUT2D eigenvalue weighted by atomic mass is 10.0. The second-order valence-electron chi connectivity index (χ2n) is 12.6. The SMILES string of the molecule is CCCCCCCCCC(=O)Nc1cc(NS(=O)(=O)c2ccccc2)c2ccccc2c1Nc1ccc(N(CC)CCNS(C)(=O)=O)cc1C. The van der Waals surface area contributed by atoms with E-state index in [1.54, 1.807) is 36.4 Å². The molecule has 0 spiro atoms. The lowest BCUT2D eigenvalue weighted by Gasteiger charge is -2.25. The van der Waals surface area contributed by atoms with Crippen molar-refractivity contribution in [3.63, 3.8) is 0 Å². The number of rotatable bonds is 20. The van der Waals surface area contributed by atoms with Gasteiger partial charge in [0.25, 0.3) is 10.0 Å². The Morgan fingerprint density at radius 2 is 1.40 bits per heavy atom. The molecule has 0 aliphatic heterocycles. The predicted molar refractivity (Wildman–Crippen MR) is 208 cm³/mol. The van der Waals surface area contributed by atoms with Gasteiger partial charge in [0.2, 0.25) is 15.9 Å². The standard InChI is InChI=1S/C38H51N5O5S2/c1-5-7-8-9-10-11-15-22-37(44)40-36-28-35(42-50(47,48)31-18-13-12-14-19-31)32-20-16-17-21-33(32)38(36)41-34-24-23-30(27-29(34)3)43(6-2)26-25-39-49(4,45)46/h12-14,16-21,23-24,27-28,39,41-42H,5-11,15,22,25-26H2,1-4H3,(H,40,44). The molecule has 0 unspecified atom stereocenters. The second kappa shape index (κ2) is 18.2. The van der Waals surface area contributed by atoms with E-state index in [2.05, 4.69) is 31.9 Å². The van der Waals surface area contributed by atoms with Gasteiger partial charge in [0.1, 0.15) is 0 Å². The van der Waals surface area contributed by atoms with Gasteiger partial charge < -0.3 is 15.5 Å². The zero-order valence-corrected chi connectivity index (χ0v) is 31.2. The number of anilines is 5. The van der Waals surface area contributed by atoms with E-state index in [-0.39, 0.29) is 10.8 Å². The summed E-state index contributed by atoms with van der Waals surface area (Å²) < 4.78 is 55.3. The predicted octanol–water partition coefficient (Wildman–Crippen LogP) is 8.15. The summed E-state index contributed by atoms with van der Waals surface area (Å²) in [5, 5.41) is 8.05. The lowest BCUT2D eigenvalue weighted by Crippen LogP contribution is -2.34. The summed E-state index contributed by atoms with van der Waals surface area (Å²) in [7, 11) is -7.20. The minimum Gasteiger partial charge on any atom is -0.370 e. The number of nitrogens with zero attached hydrogens (tertiary/aromatic N) is 1. The molecule has 0 aliphatic rings. The first-order valence-corrected chi connectivity index (χ1v) is 20.8. The summed E-state index contributed by atoms with van der Waals surface area (Å²) in [6.45, 7) is 7.69. The maximum Gasteiger partial charge on any atom is 0.261 e. The number of benzene rings is 4. The largest absolute Gasteiger partial charge is 0.370 e. The molecule has 4 aromatic carbocycles. The Morgan fingerprint density at radius 3 is 2.06 bits per heavy atom. The highest BCUT2D eigenvalue weighted by atomic mass is 32.2. The van der Waals surface area contributed by atoms with E-state index in [0.29, 0.717) is 48.5 Å². The van der Waals surface area contributed by atoms with E-state index in [0.717, 1.165) is 47.8 Å². The van der Waals surface area contributed by atoms with Crippen LogP contribution in [0.4, 0.5) is 28.4 Å². The highest BCUT2D eigenvalue weighted by Crippen LogP contribution is 2.40. The Morgan fingerprint density at radius 1 is 0.740 bits per heavy atom. The molecule has 4 rings (SSSR count). The van der Waals surface area contributed by atoms with Crippen molar-refractivity contribution in [3.8, 4) is 0 Å². The number of unbranched alkanes of at least 4 members (excludes halogenated alkanes) is 6. The van der Waals surface area contributed by atoms with Gasteiger partial charge in [-0.15, -0.1) is 0 Å². The average molecular weight is 722 g/mol. The van der Waals surface area contributed by atoms with Crippen LogP contribution in [0.3, 0.4) is 0 Å². The Kier molecular flexibility index (Phi) is 14.1. The molecule has 0 bridgehead atoms. The van der Waals surface area contributed by atoms with Crippen LogP contribution >= 0.6 is 0 Å². The van der Waals surface area contributed by atoms with Crippen LogP contribution in [0.5, 0.6) is 0 Å². The normalized spacial score (nSPS) is 11.8. The van der Waals surface area contributed by atoms with Gasteiger partial charge >= 0.3 is 0 Å². The number of hydrogen-bond donors (Lipinski definition) is 4. The summed E-state index contributed by atoms with van der Waals surface area (Å²) in [5.74, 6) is -0.137. The number of nitrogens with one attached hydrogen (secondary N) is 4. The summed E-state index contributed by atoms with van der Waals surface area (Å²) in [6.07, 6.45) is 9.17. The Hall–Kier alpha value is -4.13. The van der Waals surface area contributed by atoms with Crippen molar-refractivity contribution in [2.75, 3.05) is 46.1 Å². The third-order valence-electron chi connectivity index (χ3n) is 8.59. The van der Waals surface area contributed by atoms with E-state index in [1.165, 1.54) is 25.7 Å². The van der Waals surface area contributed by atoms with E-state index in [4.69, 9.17) is 0 Å². The minimum absolute atomic E-state index is 0.137. The second-order valence-corrected chi connectivity index (χ2v) is 16.1. The van der Waals surface area contributed by atoms with Gasteiger partial charge in [-0.05, 0) is 62.2 Å². The smallest absolute Gasteiger partial charge is 0.261 e. The zero-order chi connectivity index (χ0) is 36.1. The van der Waals surface area contributed by atoms with Crippen LogP contribution in [0.25, 0.3) is 10.8 Å². The highest BCUT2D eigenvalue weighted by Gasteiger charge is 2.20. The van der Waals surface area contributed by atoms with Gasteiger partial charge in [0.05, 0.1) is 28.2 Å². The Balaban J connectivity index is 1.66. The van der Waals surface area contributed by atoms with Crippen LogP contribution in [-0.2, 0) is 24.8 Å². The first-order chi connectivity index (χ1) is 23.9. The molecule has 50 heavy (non-hydrogen) atoms. The molecule has 0 heterocycles. The van der Waals surface area contributed by atoms with Crippen LogP contribution in [0, 0.1) is 6.92 Å². The lowest BCUT2D eigenvalue weighted by molar-refractivity contribution is -0.116. The number of sulfonamides is 2. The first-order valence-electron chi connectivity index (χ1n) is 17.4. The summed E-state index contributed by atoms with van der Waals surface area (Å²) in [6, 6.07) is 23.3. The van der Waals surface area contributed by atoms with Gasteiger partial charge in [-0.25, -0.2) is 21.6 Å². The molecule has 12 heteroatoms. The van der Waals surface area contributed by atoms with Crippen LogP contribution in [0.15, 0.2) is 83.8 Å². The fraction of sp³-hybridized carbons (Fsp3) is 0.395. The van der Waals surface area contributed by atoms with Crippen LogP contribution < -0.4 is 25.0 Å². The summed E-state index contributed by atoms with van der Waals surface area (Å²) >= 11 is 0. The van der Waals surface area contributed by atoms with Crippen LogP contribution in [0.1, 0.15) is 70.8 Å². The van der Waals surface area contributed by atoms with Gasteiger partial charge in [0, 0.05) is 48.2 Å². The number of fused-ring (bicyclic) bond motifs is 1. The molecule has 4 N–H and O–H groups in total. The molecule has 10 nitrogen and oxygen atoms in total.